The van der Waals surface area contributed by atoms with Crippen molar-refractivity contribution in [3.8, 4) is 0 Å². The summed E-state index contributed by atoms with van der Waals surface area (Å²) in [6, 6.07) is 6.46. The Kier molecular flexibility index (Phi) is 2.23. The van der Waals surface area contributed by atoms with Crippen molar-refractivity contribution >= 4 is 5.69 Å². The van der Waals surface area contributed by atoms with Gasteiger partial charge in [0.25, 0.3) is 0 Å². The number of anilines is 1. The number of hydrogen-bond acceptors (Lipinski definition) is 2. The predicted octanol–water partition coefficient (Wildman–Crippen LogP) is 2.93. The molecule has 0 fully saturated rings. The molecule has 0 saturated carbocycles. The van der Waals surface area contributed by atoms with Crippen LogP contribution in [0.2, 0.25) is 0 Å². The molecule has 1 aliphatic rings. The maximum absolute atomic E-state index is 5.37. The summed E-state index contributed by atoms with van der Waals surface area (Å²) in [6.07, 6.45) is 0. The topological polar surface area (TPSA) is 21.3 Å². The van der Waals surface area contributed by atoms with E-state index in [2.05, 4.69) is 44.3 Å². The second-order valence-electron chi connectivity index (χ2n) is 4.85. The van der Waals surface area contributed by atoms with Gasteiger partial charge in [-0.2, -0.15) is 0 Å². The van der Waals surface area contributed by atoms with Crippen molar-refractivity contribution in [1.82, 2.24) is 0 Å². The number of ether oxygens (including phenoxy) is 1. The molecule has 2 rings (SSSR count). The summed E-state index contributed by atoms with van der Waals surface area (Å²) in [5.74, 6) is 0. The van der Waals surface area contributed by atoms with Gasteiger partial charge in [0.1, 0.15) is 0 Å². The lowest BCUT2D eigenvalue weighted by Gasteiger charge is -2.22. The first-order valence-corrected chi connectivity index (χ1v) is 5.02. The van der Waals surface area contributed by atoms with Gasteiger partial charge in [-0.3, -0.25) is 0 Å². The Hall–Kier alpha value is -1.02. The second kappa shape index (κ2) is 3.28. The normalized spacial score (nSPS) is 15.4. The minimum Gasteiger partial charge on any atom is -0.380 e. The first-order valence-electron chi connectivity index (χ1n) is 5.02. The van der Waals surface area contributed by atoms with Crippen LogP contribution >= 0.6 is 0 Å². The molecule has 0 spiro atoms. The zero-order valence-corrected chi connectivity index (χ0v) is 9.05. The molecule has 1 aromatic carbocycles. The summed E-state index contributed by atoms with van der Waals surface area (Å²) in [6.45, 7) is 8.02. The summed E-state index contributed by atoms with van der Waals surface area (Å²) < 4.78 is 5.37. The van der Waals surface area contributed by atoms with Crippen LogP contribution in [0.1, 0.15) is 31.9 Å². The van der Waals surface area contributed by atoms with Gasteiger partial charge >= 0.3 is 0 Å². The third-order valence-electron chi connectivity index (χ3n) is 2.24. The smallest absolute Gasteiger partial charge is 0.0725 e. The molecular formula is C12H17NO. The Morgan fingerprint density at radius 2 is 1.86 bits per heavy atom. The van der Waals surface area contributed by atoms with Gasteiger partial charge in [0.2, 0.25) is 0 Å². The van der Waals surface area contributed by atoms with Crippen molar-refractivity contribution in [2.24, 2.45) is 0 Å². The van der Waals surface area contributed by atoms with Crippen molar-refractivity contribution in [3.63, 3.8) is 0 Å². The van der Waals surface area contributed by atoms with Crippen LogP contribution in [0, 0.1) is 0 Å². The quantitative estimate of drug-likeness (QED) is 0.737. The molecule has 1 N–H and O–H groups in total. The molecule has 0 atom stereocenters. The molecule has 0 amide bonds. The molecular weight excluding hydrogens is 174 g/mol. The fraction of sp³-hybridized carbons (Fsp3) is 0.500. The Morgan fingerprint density at radius 1 is 1.14 bits per heavy atom. The van der Waals surface area contributed by atoms with Crippen LogP contribution < -0.4 is 5.32 Å². The average molecular weight is 191 g/mol. The first-order chi connectivity index (χ1) is 6.54. The predicted molar refractivity (Wildman–Crippen MR) is 58.3 cm³/mol. The maximum Gasteiger partial charge on any atom is 0.0725 e. The van der Waals surface area contributed by atoms with Crippen molar-refractivity contribution in [3.05, 3.63) is 29.3 Å². The van der Waals surface area contributed by atoms with E-state index in [0.29, 0.717) is 0 Å². The first kappa shape index (κ1) is 9.53. The molecule has 0 aliphatic carbocycles. The van der Waals surface area contributed by atoms with E-state index in [1.807, 2.05) is 0 Å². The molecule has 1 aromatic rings. The summed E-state index contributed by atoms with van der Waals surface area (Å²) in [7, 11) is 0. The Morgan fingerprint density at radius 3 is 2.57 bits per heavy atom. The summed E-state index contributed by atoms with van der Waals surface area (Å²) in [5.41, 5.74) is 3.94. The minimum atomic E-state index is 0.119. The Labute approximate surface area is 85.3 Å². The van der Waals surface area contributed by atoms with Crippen molar-refractivity contribution in [1.29, 1.82) is 0 Å². The standard InChI is InChI=1S/C12H17NO/c1-12(2,3)13-11-5-4-9-7-14-8-10(9)6-11/h4-6,13H,7-8H2,1-3H3. The van der Waals surface area contributed by atoms with Crippen molar-refractivity contribution < 1.29 is 4.74 Å². The van der Waals surface area contributed by atoms with Crippen molar-refractivity contribution in [2.75, 3.05) is 5.32 Å². The monoisotopic (exact) mass is 191 g/mol. The molecule has 2 heteroatoms. The number of rotatable bonds is 1. The molecule has 1 aliphatic heterocycles. The number of nitrogens with one attached hydrogen (secondary N) is 1. The lowest BCUT2D eigenvalue weighted by atomic mass is 10.1. The molecule has 76 valence electrons. The van der Waals surface area contributed by atoms with E-state index in [4.69, 9.17) is 4.74 Å². The van der Waals surface area contributed by atoms with Crippen LogP contribution in [0.25, 0.3) is 0 Å². The minimum absolute atomic E-state index is 0.119. The van der Waals surface area contributed by atoms with Gasteiger partial charge in [-0.15, -0.1) is 0 Å². The fourth-order valence-electron chi connectivity index (χ4n) is 1.68. The number of benzene rings is 1. The van der Waals surface area contributed by atoms with Gasteiger partial charge in [-0.05, 0) is 44.0 Å². The largest absolute Gasteiger partial charge is 0.380 e. The summed E-state index contributed by atoms with van der Waals surface area (Å²) >= 11 is 0. The van der Waals surface area contributed by atoms with E-state index >= 15 is 0 Å². The molecule has 0 radical (unpaired) electrons. The molecule has 0 bridgehead atoms. The average Bonchev–Trinajstić information content (AvgIpc) is 2.47. The molecule has 0 aromatic heterocycles. The number of fused-ring (bicyclic) bond motifs is 1. The highest BCUT2D eigenvalue weighted by Gasteiger charge is 2.13. The van der Waals surface area contributed by atoms with E-state index < -0.39 is 0 Å². The van der Waals surface area contributed by atoms with Gasteiger partial charge in [0, 0.05) is 11.2 Å². The lowest BCUT2D eigenvalue weighted by molar-refractivity contribution is 0.134. The van der Waals surface area contributed by atoms with Crippen LogP contribution in [0.3, 0.4) is 0 Å². The van der Waals surface area contributed by atoms with Crippen LogP contribution in [0.15, 0.2) is 18.2 Å². The van der Waals surface area contributed by atoms with Crippen LogP contribution in [-0.2, 0) is 18.0 Å². The highest BCUT2D eigenvalue weighted by atomic mass is 16.5. The van der Waals surface area contributed by atoms with Crippen LogP contribution in [-0.4, -0.2) is 5.54 Å². The Balaban J connectivity index is 2.21. The highest BCUT2D eigenvalue weighted by Crippen LogP contribution is 2.24. The van der Waals surface area contributed by atoms with Gasteiger partial charge in [-0.25, -0.2) is 0 Å². The lowest BCUT2D eigenvalue weighted by Crippen LogP contribution is -2.26. The van der Waals surface area contributed by atoms with Crippen LogP contribution in [0.5, 0.6) is 0 Å². The van der Waals surface area contributed by atoms with E-state index in [1.165, 1.54) is 16.8 Å². The fourth-order valence-corrected chi connectivity index (χ4v) is 1.68. The second-order valence-corrected chi connectivity index (χ2v) is 4.85. The van der Waals surface area contributed by atoms with Crippen LogP contribution in [0.4, 0.5) is 5.69 Å². The van der Waals surface area contributed by atoms with E-state index in [-0.39, 0.29) is 5.54 Å². The summed E-state index contributed by atoms with van der Waals surface area (Å²) in [5, 5.41) is 3.46. The highest BCUT2D eigenvalue weighted by molar-refractivity contribution is 5.50. The van der Waals surface area contributed by atoms with E-state index in [9.17, 15) is 0 Å². The SMILES string of the molecule is CC(C)(C)Nc1ccc2c(c1)COC2. The van der Waals surface area contributed by atoms with Gasteiger partial charge in [-0.1, -0.05) is 6.07 Å². The number of hydrogen-bond donors (Lipinski definition) is 1. The van der Waals surface area contributed by atoms with Gasteiger partial charge in [0.15, 0.2) is 0 Å². The zero-order chi connectivity index (χ0) is 10.2. The Bertz CT molecular complexity index is 339. The molecule has 1 heterocycles. The maximum atomic E-state index is 5.37. The van der Waals surface area contributed by atoms with Gasteiger partial charge in [0.05, 0.1) is 13.2 Å². The zero-order valence-electron chi connectivity index (χ0n) is 9.05. The third-order valence-corrected chi connectivity index (χ3v) is 2.24. The van der Waals surface area contributed by atoms with Crippen molar-refractivity contribution in [2.45, 2.75) is 39.5 Å². The van der Waals surface area contributed by atoms with E-state index in [1.54, 1.807) is 0 Å². The summed E-state index contributed by atoms with van der Waals surface area (Å²) in [4.78, 5) is 0. The van der Waals surface area contributed by atoms with Gasteiger partial charge < -0.3 is 10.1 Å². The van der Waals surface area contributed by atoms with E-state index in [0.717, 1.165) is 13.2 Å². The molecule has 0 saturated heterocycles. The molecule has 2 nitrogen and oxygen atoms in total. The molecule has 14 heavy (non-hydrogen) atoms. The third kappa shape index (κ3) is 2.07. The molecule has 0 unspecified atom stereocenters.